The summed E-state index contributed by atoms with van der Waals surface area (Å²) in [6, 6.07) is 13.5. The first kappa shape index (κ1) is 20.4. The Kier molecular flexibility index (Phi) is 5.74. The third-order valence-corrected chi connectivity index (χ3v) is 5.28. The number of rotatable bonds is 7. The normalized spacial score (nSPS) is 14.7. The van der Waals surface area contributed by atoms with Gasteiger partial charge in [0.1, 0.15) is 11.4 Å². The van der Waals surface area contributed by atoms with E-state index in [9.17, 15) is 9.90 Å². The number of halogens is 1. The van der Waals surface area contributed by atoms with Crippen molar-refractivity contribution in [3.8, 4) is 22.7 Å². The Bertz CT molecular complexity index is 1040. The van der Waals surface area contributed by atoms with Crippen molar-refractivity contribution in [2.45, 2.75) is 26.5 Å². The van der Waals surface area contributed by atoms with Crippen molar-refractivity contribution >= 4 is 17.6 Å². The van der Waals surface area contributed by atoms with Crippen molar-refractivity contribution in [3.63, 3.8) is 0 Å². The van der Waals surface area contributed by atoms with Crippen LogP contribution in [0, 0.1) is 5.92 Å². The van der Waals surface area contributed by atoms with E-state index in [-0.39, 0.29) is 12.0 Å². The number of carbonyl (C=O) groups is 1. The average Bonchev–Trinajstić information content (AvgIpc) is 3.16. The maximum absolute atomic E-state index is 10.8. The van der Waals surface area contributed by atoms with Gasteiger partial charge in [-0.2, -0.15) is 0 Å². The highest BCUT2D eigenvalue weighted by Gasteiger charge is 2.27. The summed E-state index contributed by atoms with van der Waals surface area (Å²) >= 11 is 6.32. The summed E-state index contributed by atoms with van der Waals surface area (Å²) in [6.07, 6.45) is 1.90. The molecule has 1 aliphatic heterocycles. The second-order valence-corrected chi connectivity index (χ2v) is 8.14. The minimum Gasteiger partial charge on any atom is -0.550 e. The van der Waals surface area contributed by atoms with Gasteiger partial charge in [-0.05, 0) is 37.6 Å². The lowest BCUT2D eigenvalue weighted by Gasteiger charge is -2.39. The van der Waals surface area contributed by atoms with E-state index >= 15 is 0 Å². The topological polar surface area (TPSA) is 83.3 Å². The molecule has 7 nitrogen and oxygen atoms in total. The Hall–Kier alpha value is -2.90. The number of carboxylic acids is 1. The molecule has 3 aromatic rings. The number of carboxylic acid groups (broad SMARTS) is 1. The van der Waals surface area contributed by atoms with E-state index in [1.807, 2.05) is 56.4 Å². The molecule has 0 atom stereocenters. The first-order chi connectivity index (χ1) is 14.4. The Labute approximate surface area is 179 Å². The zero-order valence-corrected chi connectivity index (χ0v) is 17.5. The summed E-state index contributed by atoms with van der Waals surface area (Å²) in [7, 11) is 0. The van der Waals surface area contributed by atoms with Gasteiger partial charge < -0.3 is 14.6 Å². The number of hydrogen-bond acceptors (Lipinski definition) is 6. The molecule has 0 aliphatic carbocycles. The van der Waals surface area contributed by atoms with Crippen molar-refractivity contribution < 1.29 is 14.6 Å². The first-order valence-electron chi connectivity index (χ1n) is 9.80. The van der Waals surface area contributed by atoms with Crippen LogP contribution in [0.1, 0.15) is 19.4 Å². The van der Waals surface area contributed by atoms with Crippen LogP contribution in [0.3, 0.4) is 0 Å². The van der Waals surface area contributed by atoms with E-state index in [2.05, 4.69) is 15.2 Å². The van der Waals surface area contributed by atoms with Crippen molar-refractivity contribution in [2.75, 3.05) is 13.1 Å². The van der Waals surface area contributed by atoms with Gasteiger partial charge in [0, 0.05) is 37.1 Å². The zero-order valence-electron chi connectivity index (χ0n) is 16.8. The van der Waals surface area contributed by atoms with Gasteiger partial charge in [0.15, 0.2) is 0 Å². The van der Waals surface area contributed by atoms with Crippen LogP contribution in [0.15, 0.2) is 48.7 Å². The van der Waals surface area contributed by atoms with Gasteiger partial charge in [-0.1, -0.05) is 41.1 Å². The van der Waals surface area contributed by atoms with Crippen molar-refractivity contribution in [1.29, 1.82) is 0 Å². The van der Waals surface area contributed by atoms with Crippen LogP contribution in [-0.2, 0) is 11.3 Å². The molecule has 30 heavy (non-hydrogen) atoms. The van der Waals surface area contributed by atoms with Crippen LogP contribution < -0.4 is 9.84 Å². The summed E-state index contributed by atoms with van der Waals surface area (Å²) in [5, 5.41) is 19.8. The molecule has 1 aliphatic rings. The molecule has 1 aromatic heterocycles. The second-order valence-electron chi connectivity index (χ2n) is 7.74. The monoisotopic (exact) mass is 425 g/mol. The van der Waals surface area contributed by atoms with Crippen molar-refractivity contribution in [1.82, 2.24) is 19.9 Å². The number of hydrogen-bond donors (Lipinski definition) is 0. The number of ether oxygens (including phenoxy) is 1. The van der Waals surface area contributed by atoms with E-state index in [1.165, 1.54) is 0 Å². The standard InChI is InChI=1S/C22H23ClN4O3/c1-14(2)30-21-8-7-18(9-19(21)23)27-13-20(24-25-27)16-5-3-15(4-6-16)10-26-11-17(12-26)22(28)29/h3-9,13-14,17H,10-12H2,1-2H3,(H,28,29)/p-1. The number of nitrogens with zero attached hydrogens (tertiary/aromatic N) is 4. The molecular formula is C22H22ClN4O3-. The molecule has 0 radical (unpaired) electrons. The fourth-order valence-corrected chi connectivity index (χ4v) is 3.61. The van der Waals surface area contributed by atoms with Crippen LogP contribution in [-0.4, -0.2) is 45.1 Å². The van der Waals surface area contributed by atoms with Gasteiger partial charge in [-0.25, -0.2) is 4.68 Å². The molecular weight excluding hydrogens is 404 g/mol. The largest absolute Gasteiger partial charge is 0.550 e. The third-order valence-electron chi connectivity index (χ3n) is 4.98. The predicted octanol–water partition coefficient (Wildman–Crippen LogP) is 2.56. The molecule has 0 spiro atoms. The molecule has 0 bridgehead atoms. The molecule has 0 amide bonds. The highest BCUT2D eigenvalue weighted by atomic mass is 35.5. The first-order valence-corrected chi connectivity index (χ1v) is 10.2. The highest BCUT2D eigenvalue weighted by molar-refractivity contribution is 6.32. The molecule has 0 saturated carbocycles. The minimum atomic E-state index is -0.965. The fourth-order valence-electron chi connectivity index (χ4n) is 3.39. The van der Waals surface area contributed by atoms with Crippen LogP contribution in [0.25, 0.3) is 16.9 Å². The van der Waals surface area contributed by atoms with Gasteiger partial charge in [0.2, 0.25) is 0 Å². The summed E-state index contributed by atoms with van der Waals surface area (Å²) in [6.45, 7) is 5.71. The quantitative estimate of drug-likeness (QED) is 0.578. The van der Waals surface area contributed by atoms with Gasteiger partial charge in [-0.15, -0.1) is 5.10 Å². The van der Waals surface area contributed by atoms with Crippen LogP contribution in [0.4, 0.5) is 0 Å². The molecule has 1 fully saturated rings. The van der Waals surface area contributed by atoms with Gasteiger partial charge in [-0.3, -0.25) is 4.90 Å². The van der Waals surface area contributed by atoms with E-state index in [0.717, 1.165) is 29.1 Å². The number of aliphatic carboxylic acids is 1. The predicted molar refractivity (Wildman–Crippen MR) is 111 cm³/mol. The molecule has 2 heterocycles. The highest BCUT2D eigenvalue weighted by Crippen LogP contribution is 2.28. The molecule has 0 unspecified atom stereocenters. The fraction of sp³-hybridized carbons (Fsp3) is 0.318. The molecule has 156 valence electrons. The third kappa shape index (κ3) is 4.47. The molecule has 8 heteroatoms. The lowest BCUT2D eigenvalue weighted by atomic mass is 9.99. The summed E-state index contributed by atoms with van der Waals surface area (Å²) in [5.41, 5.74) is 3.62. The number of likely N-dealkylation sites (tertiary alicyclic amines) is 1. The maximum atomic E-state index is 10.8. The average molecular weight is 426 g/mol. The van der Waals surface area contributed by atoms with Crippen molar-refractivity contribution in [2.24, 2.45) is 5.92 Å². The molecule has 0 N–H and O–H groups in total. The lowest BCUT2D eigenvalue weighted by Crippen LogP contribution is -2.53. The molecule has 4 rings (SSSR count). The van der Waals surface area contributed by atoms with Crippen molar-refractivity contribution in [3.05, 3.63) is 59.2 Å². The van der Waals surface area contributed by atoms with Gasteiger partial charge in [0.25, 0.3) is 0 Å². The Morgan fingerprint density at radius 3 is 2.60 bits per heavy atom. The Morgan fingerprint density at radius 2 is 1.97 bits per heavy atom. The zero-order chi connectivity index (χ0) is 21.3. The van der Waals surface area contributed by atoms with Gasteiger partial charge in [0.05, 0.1) is 23.0 Å². The van der Waals surface area contributed by atoms with Crippen LogP contribution >= 0.6 is 11.6 Å². The smallest absolute Gasteiger partial charge is 0.138 e. The molecule has 1 saturated heterocycles. The van der Waals surface area contributed by atoms with Crippen LogP contribution in [0.5, 0.6) is 5.75 Å². The van der Waals surface area contributed by atoms with E-state index in [4.69, 9.17) is 16.3 Å². The summed E-state index contributed by atoms with van der Waals surface area (Å²) < 4.78 is 7.34. The van der Waals surface area contributed by atoms with E-state index in [1.54, 1.807) is 10.7 Å². The Morgan fingerprint density at radius 1 is 1.23 bits per heavy atom. The number of benzene rings is 2. The number of aromatic nitrogens is 3. The SMILES string of the molecule is CC(C)Oc1ccc(-n2cc(-c3ccc(CN4CC(C(=O)[O-])C4)cc3)nn2)cc1Cl. The van der Waals surface area contributed by atoms with Crippen LogP contribution in [0.2, 0.25) is 5.02 Å². The maximum Gasteiger partial charge on any atom is 0.138 e. The number of carbonyl (C=O) groups excluding carboxylic acids is 1. The minimum absolute atomic E-state index is 0.0472. The Balaban J connectivity index is 1.43. The summed E-state index contributed by atoms with van der Waals surface area (Å²) in [5.74, 6) is -0.675. The summed E-state index contributed by atoms with van der Waals surface area (Å²) in [4.78, 5) is 12.9. The second kappa shape index (κ2) is 8.45. The molecule has 2 aromatic carbocycles. The van der Waals surface area contributed by atoms with Gasteiger partial charge >= 0.3 is 0 Å². The van der Waals surface area contributed by atoms with E-state index < -0.39 is 5.97 Å². The van der Waals surface area contributed by atoms with E-state index in [0.29, 0.717) is 23.9 Å². The lowest BCUT2D eigenvalue weighted by molar-refractivity contribution is -0.315.